The van der Waals surface area contributed by atoms with Crippen LogP contribution in [-0.4, -0.2) is 16.2 Å². The summed E-state index contributed by atoms with van der Waals surface area (Å²) in [6.07, 6.45) is 5.34. The van der Waals surface area contributed by atoms with Crippen molar-refractivity contribution < 1.29 is 4.74 Å². The Labute approximate surface area is 126 Å². The van der Waals surface area contributed by atoms with Crippen molar-refractivity contribution in [3.05, 3.63) is 46.0 Å². The summed E-state index contributed by atoms with van der Waals surface area (Å²) < 4.78 is 8.82. The van der Waals surface area contributed by atoms with Crippen molar-refractivity contribution in [2.24, 2.45) is 12.9 Å². The molecule has 1 aliphatic heterocycles. The minimum absolute atomic E-state index is 0.00472. The smallest absolute Gasteiger partial charge is 0.125 e. The Hall–Kier alpha value is -1.37. The first kappa shape index (κ1) is 13.6. The molecule has 0 bridgehead atoms. The fraction of sp³-hybridized carbons (Fsp3) is 0.357. The summed E-state index contributed by atoms with van der Waals surface area (Å²) >= 11 is 3.57. The molecule has 6 heteroatoms. The molecule has 2 heterocycles. The van der Waals surface area contributed by atoms with Gasteiger partial charge >= 0.3 is 0 Å². The lowest BCUT2D eigenvalue weighted by atomic mass is 10.0. The van der Waals surface area contributed by atoms with Crippen molar-refractivity contribution in [3.8, 4) is 5.75 Å². The Morgan fingerprint density at radius 2 is 2.40 bits per heavy atom. The highest BCUT2D eigenvalue weighted by atomic mass is 79.9. The minimum Gasteiger partial charge on any atom is -0.493 e. The molecule has 1 aromatic heterocycles. The lowest BCUT2D eigenvalue weighted by Gasteiger charge is -2.18. The van der Waals surface area contributed by atoms with E-state index in [0.717, 1.165) is 40.9 Å². The van der Waals surface area contributed by atoms with E-state index in [4.69, 9.17) is 10.6 Å². The van der Waals surface area contributed by atoms with Gasteiger partial charge in [-0.2, -0.15) is 0 Å². The predicted molar refractivity (Wildman–Crippen MR) is 80.3 cm³/mol. The van der Waals surface area contributed by atoms with Gasteiger partial charge in [0.15, 0.2) is 0 Å². The average Bonchev–Trinajstić information content (AvgIpc) is 3.04. The number of nitrogens with two attached hydrogens (primary N) is 1. The number of nitrogens with one attached hydrogen (secondary N) is 1. The third kappa shape index (κ3) is 2.46. The third-order valence-electron chi connectivity index (χ3n) is 3.66. The van der Waals surface area contributed by atoms with E-state index in [9.17, 15) is 0 Å². The van der Waals surface area contributed by atoms with E-state index in [0.29, 0.717) is 0 Å². The van der Waals surface area contributed by atoms with Gasteiger partial charge in [-0.05, 0) is 29.7 Å². The molecule has 1 unspecified atom stereocenters. The highest BCUT2D eigenvalue weighted by Gasteiger charge is 2.21. The standard InChI is InChI=1S/C14H17BrN4O/c1-19-8-17-7-13(19)12(18-16)6-10-5-11(15)4-9-2-3-20-14(9)10/h4-5,7-8,12,18H,2-3,6,16H2,1H3. The Bertz CT molecular complexity index is 626. The van der Waals surface area contributed by atoms with Crippen molar-refractivity contribution in [1.29, 1.82) is 0 Å². The normalized spacial score (nSPS) is 14.9. The van der Waals surface area contributed by atoms with E-state index in [1.807, 2.05) is 17.8 Å². The molecule has 20 heavy (non-hydrogen) atoms. The second kappa shape index (κ2) is 5.55. The Morgan fingerprint density at radius 1 is 1.55 bits per heavy atom. The van der Waals surface area contributed by atoms with Gasteiger partial charge in [-0.3, -0.25) is 11.3 Å². The van der Waals surface area contributed by atoms with E-state index in [1.165, 1.54) is 5.56 Å². The van der Waals surface area contributed by atoms with E-state index in [-0.39, 0.29) is 6.04 Å². The second-order valence-corrected chi connectivity index (χ2v) is 5.92. The second-order valence-electron chi connectivity index (χ2n) is 5.00. The number of halogens is 1. The number of hydrazine groups is 1. The fourth-order valence-corrected chi connectivity index (χ4v) is 3.22. The SMILES string of the molecule is Cn1cncc1C(Cc1cc(Br)cc2c1OCC2)NN. The molecule has 1 aliphatic rings. The molecule has 1 aromatic carbocycles. The van der Waals surface area contributed by atoms with Crippen molar-refractivity contribution >= 4 is 15.9 Å². The molecule has 0 radical (unpaired) electrons. The van der Waals surface area contributed by atoms with Crippen LogP contribution >= 0.6 is 15.9 Å². The zero-order chi connectivity index (χ0) is 14.1. The number of benzene rings is 1. The van der Waals surface area contributed by atoms with Crippen molar-refractivity contribution in [2.45, 2.75) is 18.9 Å². The number of fused-ring (bicyclic) bond motifs is 1. The van der Waals surface area contributed by atoms with Gasteiger partial charge in [0, 0.05) is 24.1 Å². The van der Waals surface area contributed by atoms with Crippen LogP contribution in [0.4, 0.5) is 0 Å². The van der Waals surface area contributed by atoms with Crippen LogP contribution in [0.1, 0.15) is 22.9 Å². The van der Waals surface area contributed by atoms with Crippen LogP contribution in [0.2, 0.25) is 0 Å². The monoisotopic (exact) mass is 336 g/mol. The van der Waals surface area contributed by atoms with Crippen molar-refractivity contribution in [1.82, 2.24) is 15.0 Å². The lowest BCUT2D eigenvalue weighted by Crippen LogP contribution is -2.31. The van der Waals surface area contributed by atoms with Gasteiger partial charge < -0.3 is 9.30 Å². The van der Waals surface area contributed by atoms with Crippen LogP contribution < -0.4 is 16.0 Å². The molecule has 106 valence electrons. The summed E-state index contributed by atoms with van der Waals surface area (Å²) in [4.78, 5) is 4.15. The molecule has 0 saturated heterocycles. The van der Waals surface area contributed by atoms with Crippen LogP contribution in [0.3, 0.4) is 0 Å². The number of ether oxygens (including phenoxy) is 1. The molecule has 3 rings (SSSR count). The third-order valence-corrected chi connectivity index (χ3v) is 4.12. The van der Waals surface area contributed by atoms with Crippen molar-refractivity contribution in [2.75, 3.05) is 6.61 Å². The molecule has 3 N–H and O–H groups in total. The molecule has 0 saturated carbocycles. The van der Waals surface area contributed by atoms with Crippen LogP contribution in [-0.2, 0) is 19.9 Å². The first-order chi connectivity index (χ1) is 9.69. The van der Waals surface area contributed by atoms with E-state index in [2.05, 4.69) is 38.5 Å². The number of hydrogen-bond acceptors (Lipinski definition) is 4. The summed E-state index contributed by atoms with van der Waals surface area (Å²) in [6, 6.07) is 4.23. The van der Waals surface area contributed by atoms with Crippen molar-refractivity contribution in [3.63, 3.8) is 0 Å². The number of hydrogen-bond donors (Lipinski definition) is 2. The molecule has 0 fully saturated rings. The summed E-state index contributed by atoms with van der Waals surface area (Å²) in [5.41, 5.74) is 6.35. The number of rotatable bonds is 4. The summed E-state index contributed by atoms with van der Waals surface area (Å²) in [7, 11) is 1.97. The minimum atomic E-state index is 0.00472. The van der Waals surface area contributed by atoms with Crippen LogP contribution in [0.15, 0.2) is 29.1 Å². The van der Waals surface area contributed by atoms with Crippen LogP contribution in [0.25, 0.3) is 0 Å². The average molecular weight is 337 g/mol. The maximum absolute atomic E-state index is 5.77. The largest absolute Gasteiger partial charge is 0.493 e. The van der Waals surface area contributed by atoms with Gasteiger partial charge in [-0.25, -0.2) is 4.98 Å². The molecular formula is C14H17BrN4O. The maximum atomic E-state index is 5.77. The van der Waals surface area contributed by atoms with Gasteiger partial charge in [-0.1, -0.05) is 15.9 Å². The topological polar surface area (TPSA) is 65.1 Å². The fourth-order valence-electron chi connectivity index (χ4n) is 2.67. The van der Waals surface area contributed by atoms with Gasteiger partial charge in [0.1, 0.15) is 5.75 Å². The molecule has 0 aliphatic carbocycles. The highest BCUT2D eigenvalue weighted by molar-refractivity contribution is 9.10. The zero-order valence-electron chi connectivity index (χ0n) is 11.3. The summed E-state index contributed by atoms with van der Waals surface area (Å²) in [5.74, 6) is 6.73. The molecule has 2 aromatic rings. The highest BCUT2D eigenvalue weighted by Crippen LogP contribution is 2.35. The summed E-state index contributed by atoms with van der Waals surface area (Å²) in [5, 5.41) is 0. The molecule has 1 atom stereocenters. The number of aromatic nitrogens is 2. The van der Waals surface area contributed by atoms with Crippen LogP contribution in [0.5, 0.6) is 5.75 Å². The Balaban J connectivity index is 1.92. The molecular weight excluding hydrogens is 320 g/mol. The first-order valence-corrected chi connectivity index (χ1v) is 7.34. The number of nitrogens with zero attached hydrogens (tertiary/aromatic N) is 2. The number of imidazole rings is 1. The van der Waals surface area contributed by atoms with E-state index in [1.54, 1.807) is 6.33 Å². The van der Waals surface area contributed by atoms with E-state index >= 15 is 0 Å². The van der Waals surface area contributed by atoms with Gasteiger partial charge in [0.05, 0.1) is 24.7 Å². The lowest BCUT2D eigenvalue weighted by molar-refractivity contribution is 0.351. The molecule has 5 nitrogen and oxygen atoms in total. The Morgan fingerprint density at radius 3 is 3.10 bits per heavy atom. The Kier molecular flexibility index (Phi) is 3.78. The van der Waals surface area contributed by atoms with Gasteiger partial charge in [0.25, 0.3) is 0 Å². The molecule has 0 spiro atoms. The van der Waals surface area contributed by atoms with Gasteiger partial charge in [-0.15, -0.1) is 0 Å². The number of aryl methyl sites for hydroxylation is 1. The predicted octanol–water partition coefficient (Wildman–Crippen LogP) is 1.86. The molecule has 0 amide bonds. The first-order valence-electron chi connectivity index (χ1n) is 6.55. The maximum Gasteiger partial charge on any atom is 0.125 e. The summed E-state index contributed by atoms with van der Waals surface area (Å²) in [6.45, 7) is 0.755. The van der Waals surface area contributed by atoms with Gasteiger partial charge in [0.2, 0.25) is 0 Å². The van der Waals surface area contributed by atoms with Crippen LogP contribution in [0, 0.1) is 0 Å². The quantitative estimate of drug-likeness (QED) is 0.660. The van der Waals surface area contributed by atoms with E-state index < -0.39 is 0 Å². The zero-order valence-corrected chi connectivity index (χ0v) is 12.9.